The molecule has 0 aromatic heterocycles. The third-order valence-corrected chi connectivity index (χ3v) is 4.36. The molecule has 0 aliphatic heterocycles. The van der Waals surface area contributed by atoms with Crippen LogP contribution in [0.5, 0.6) is 0 Å². The summed E-state index contributed by atoms with van der Waals surface area (Å²) >= 11 is 0. The smallest absolute Gasteiger partial charge is 0.193 e. The zero-order valence-corrected chi connectivity index (χ0v) is 17.2. The topological polar surface area (TPSA) is 47.9 Å². The van der Waals surface area contributed by atoms with Crippen molar-refractivity contribution in [1.29, 1.82) is 0 Å². The van der Waals surface area contributed by atoms with E-state index in [9.17, 15) is 5.11 Å². The highest BCUT2D eigenvalue weighted by atomic mass is 127. The molecule has 1 rings (SSSR count). The number of rotatable bonds is 8. The zero-order chi connectivity index (χ0) is 16.4. The summed E-state index contributed by atoms with van der Waals surface area (Å²) < 4.78 is 0. The van der Waals surface area contributed by atoms with E-state index in [1.165, 1.54) is 5.56 Å². The zero-order valence-electron chi connectivity index (χ0n) is 14.9. The van der Waals surface area contributed by atoms with Gasteiger partial charge in [0.25, 0.3) is 0 Å². The molecule has 0 radical (unpaired) electrons. The number of nitrogens with zero attached hydrogens (tertiary/aromatic N) is 2. The lowest BCUT2D eigenvalue weighted by atomic mass is 9.83. The fourth-order valence-electron chi connectivity index (χ4n) is 2.39. The summed E-state index contributed by atoms with van der Waals surface area (Å²) in [5, 5.41) is 13.0. The van der Waals surface area contributed by atoms with Gasteiger partial charge in [0.15, 0.2) is 5.96 Å². The van der Waals surface area contributed by atoms with Gasteiger partial charge in [0.1, 0.15) is 0 Å². The van der Waals surface area contributed by atoms with Gasteiger partial charge >= 0.3 is 0 Å². The van der Waals surface area contributed by atoms with Crippen molar-refractivity contribution in [1.82, 2.24) is 10.2 Å². The third kappa shape index (κ3) is 7.08. The second kappa shape index (κ2) is 11.7. The maximum absolute atomic E-state index is 9.69. The first-order chi connectivity index (χ1) is 10.6. The Balaban J connectivity index is 0.00000484. The SMILES string of the molecule is CCNC(=NCC(CC)(CC)CO)N(C)Cc1ccccc1.I. The number of benzene rings is 1. The van der Waals surface area contributed by atoms with E-state index in [0.29, 0.717) is 6.54 Å². The molecule has 0 amide bonds. The summed E-state index contributed by atoms with van der Waals surface area (Å²) in [7, 11) is 2.05. The molecule has 5 heteroatoms. The number of aliphatic imine (C=N–C) groups is 1. The number of guanidine groups is 1. The van der Waals surface area contributed by atoms with E-state index in [-0.39, 0.29) is 36.0 Å². The standard InChI is InChI=1S/C18H31N3O.HI/c1-5-18(6-2,15-22)14-20-17(19-7-3)21(4)13-16-11-9-8-10-12-16;/h8-12,22H,5-7,13-15H2,1-4H3,(H,19,20);1H. The molecule has 1 aromatic rings. The molecular weight excluding hydrogens is 401 g/mol. The highest BCUT2D eigenvalue weighted by Gasteiger charge is 2.25. The number of aliphatic hydroxyl groups is 1. The van der Waals surface area contributed by atoms with Gasteiger partial charge < -0.3 is 15.3 Å². The van der Waals surface area contributed by atoms with Crippen LogP contribution in [0.4, 0.5) is 0 Å². The number of hydrogen-bond donors (Lipinski definition) is 2. The van der Waals surface area contributed by atoms with E-state index in [1.54, 1.807) is 0 Å². The van der Waals surface area contributed by atoms with Crippen molar-refractivity contribution in [2.45, 2.75) is 40.2 Å². The molecule has 0 atom stereocenters. The van der Waals surface area contributed by atoms with Crippen LogP contribution in [0.2, 0.25) is 0 Å². The van der Waals surface area contributed by atoms with Gasteiger partial charge in [0.05, 0.1) is 13.2 Å². The Morgan fingerprint density at radius 3 is 2.26 bits per heavy atom. The Hall–Kier alpha value is -0.820. The second-order valence-electron chi connectivity index (χ2n) is 5.88. The van der Waals surface area contributed by atoms with E-state index in [0.717, 1.165) is 31.9 Å². The summed E-state index contributed by atoms with van der Waals surface area (Å²) in [6.07, 6.45) is 1.87. The molecule has 0 saturated carbocycles. The van der Waals surface area contributed by atoms with Crippen molar-refractivity contribution < 1.29 is 5.11 Å². The Labute approximate surface area is 158 Å². The van der Waals surface area contributed by atoms with Crippen molar-refractivity contribution in [2.75, 3.05) is 26.7 Å². The van der Waals surface area contributed by atoms with E-state index >= 15 is 0 Å². The van der Waals surface area contributed by atoms with Gasteiger partial charge in [-0.25, -0.2) is 0 Å². The molecular formula is C18H32IN3O. The Morgan fingerprint density at radius 2 is 1.78 bits per heavy atom. The van der Waals surface area contributed by atoms with E-state index < -0.39 is 0 Å². The van der Waals surface area contributed by atoms with Crippen LogP contribution in [0.15, 0.2) is 35.3 Å². The molecule has 0 aliphatic rings. The molecule has 0 unspecified atom stereocenters. The number of hydrogen-bond acceptors (Lipinski definition) is 2. The predicted octanol–water partition coefficient (Wildman–Crippen LogP) is 3.50. The minimum atomic E-state index is -0.103. The van der Waals surface area contributed by atoms with Crippen LogP contribution in [-0.2, 0) is 6.54 Å². The van der Waals surface area contributed by atoms with Gasteiger partial charge in [0.2, 0.25) is 0 Å². The van der Waals surface area contributed by atoms with Crippen molar-refractivity contribution in [3.63, 3.8) is 0 Å². The van der Waals surface area contributed by atoms with Crippen LogP contribution < -0.4 is 5.32 Å². The van der Waals surface area contributed by atoms with Crippen LogP contribution in [0.3, 0.4) is 0 Å². The first kappa shape index (κ1) is 22.2. The fraction of sp³-hybridized carbons (Fsp3) is 0.611. The third-order valence-electron chi connectivity index (χ3n) is 4.36. The summed E-state index contributed by atoms with van der Waals surface area (Å²) in [4.78, 5) is 6.90. The lowest BCUT2D eigenvalue weighted by Crippen LogP contribution is -2.40. The van der Waals surface area contributed by atoms with Crippen LogP contribution in [0.1, 0.15) is 39.2 Å². The quantitative estimate of drug-likeness (QED) is 0.375. The lowest BCUT2D eigenvalue weighted by molar-refractivity contribution is 0.123. The summed E-state index contributed by atoms with van der Waals surface area (Å²) in [6, 6.07) is 10.4. The van der Waals surface area contributed by atoms with Gasteiger partial charge in [-0.3, -0.25) is 4.99 Å². The molecule has 0 heterocycles. The van der Waals surface area contributed by atoms with Crippen LogP contribution in [0, 0.1) is 5.41 Å². The largest absolute Gasteiger partial charge is 0.396 e. The summed E-state index contributed by atoms with van der Waals surface area (Å²) in [6.45, 7) is 8.80. The monoisotopic (exact) mass is 433 g/mol. The van der Waals surface area contributed by atoms with Crippen molar-refractivity contribution in [2.24, 2.45) is 10.4 Å². The van der Waals surface area contributed by atoms with E-state index in [4.69, 9.17) is 4.99 Å². The number of halogens is 1. The Morgan fingerprint density at radius 1 is 1.17 bits per heavy atom. The average molecular weight is 433 g/mol. The molecule has 23 heavy (non-hydrogen) atoms. The molecule has 0 spiro atoms. The Bertz CT molecular complexity index is 439. The van der Waals surface area contributed by atoms with Gasteiger partial charge in [-0.1, -0.05) is 44.2 Å². The van der Waals surface area contributed by atoms with Crippen molar-refractivity contribution >= 4 is 29.9 Å². The van der Waals surface area contributed by atoms with E-state index in [1.807, 2.05) is 13.1 Å². The minimum Gasteiger partial charge on any atom is -0.396 e. The first-order valence-electron chi connectivity index (χ1n) is 8.25. The molecule has 0 saturated heterocycles. The van der Waals surface area contributed by atoms with E-state index in [2.05, 4.69) is 55.3 Å². The summed E-state index contributed by atoms with van der Waals surface area (Å²) in [5.41, 5.74) is 1.16. The van der Waals surface area contributed by atoms with Crippen LogP contribution >= 0.6 is 24.0 Å². The maximum Gasteiger partial charge on any atom is 0.193 e. The summed E-state index contributed by atoms with van der Waals surface area (Å²) in [5.74, 6) is 0.895. The van der Waals surface area contributed by atoms with Gasteiger partial charge in [-0.05, 0) is 25.3 Å². The molecule has 0 bridgehead atoms. The van der Waals surface area contributed by atoms with Gasteiger partial charge in [-0.2, -0.15) is 0 Å². The normalized spacial score (nSPS) is 11.8. The van der Waals surface area contributed by atoms with Gasteiger partial charge in [0, 0.05) is 25.6 Å². The van der Waals surface area contributed by atoms with Crippen molar-refractivity contribution in [3.05, 3.63) is 35.9 Å². The average Bonchev–Trinajstić information content (AvgIpc) is 2.56. The Kier molecular flexibility index (Phi) is 11.3. The number of nitrogens with one attached hydrogen (secondary N) is 1. The van der Waals surface area contributed by atoms with Crippen molar-refractivity contribution in [3.8, 4) is 0 Å². The highest BCUT2D eigenvalue weighted by molar-refractivity contribution is 14.0. The molecule has 132 valence electrons. The lowest BCUT2D eigenvalue weighted by Gasteiger charge is -2.29. The first-order valence-corrected chi connectivity index (χ1v) is 8.25. The molecule has 4 nitrogen and oxygen atoms in total. The molecule has 1 aromatic carbocycles. The predicted molar refractivity (Wildman–Crippen MR) is 109 cm³/mol. The fourth-order valence-corrected chi connectivity index (χ4v) is 2.39. The minimum absolute atomic E-state index is 0. The molecule has 0 fully saturated rings. The molecule has 2 N–H and O–H groups in total. The highest BCUT2D eigenvalue weighted by Crippen LogP contribution is 2.25. The van der Waals surface area contributed by atoms with Crippen LogP contribution in [-0.4, -0.2) is 42.7 Å². The maximum atomic E-state index is 9.69. The van der Waals surface area contributed by atoms with Crippen LogP contribution in [0.25, 0.3) is 0 Å². The molecule has 0 aliphatic carbocycles. The van der Waals surface area contributed by atoms with Gasteiger partial charge in [-0.15, -0.1) is 24.0 Å². The second-order valence-corrected chi connectivity index (χ2v) is 5.88. The number of aliphatic hydroxyl groups excluding tert-OH is 1.